The molecule has 3 aliphatic carbocycles. The molecular weight excluding hydrogens is 444 g/mol. The summed E-state index contributed by atoms with van der Waals surface area (Å²) in [4.78, 5) is 36.5. The van der Waals surface area contributed by atoms with Gasteiger partial charge in [0.15, 0.2) is 0 Å². The van der Waals surface area contributed by atoms with Crippen LogP contribution in [0.4, 0.5) is 4.79 Å². The van der Waals surface area contributed by atoms with E-state index in [2.05, 4.69) is 34.9 Å². The smallest absolute Gasteiger partial charge is 0.407 e. The second-order valence-corrected chi connectivity index (χ2v) is 10.3. The molecule has 184 valence electrons. The van der Waals surface area contributed by atoms with E-state index in [-0.39, 0.29) is 37.2 Å². The van der Waals surface area contributed by atoms with Crippen molar-refractivity contribution in [3.63, 3.8) is 0 Å². The summed E-state index contributed by atoms with van der Waals surface area (Å²) < 4.78 is 5.63. The van der Waals surface area contributed by atoms with Gasteiger partial charge >= 0.3 is 12.1 Å². The minimum atomic E-state index is -0.888. The zero-order valence-corrected chi connectivity index (χ0v) is 19.8. The fraction of sp³-hybridized carbons (Fsp3) is 0.464. The van der Waals surface area contributed by atoms with Gasteiger partial charge in [0.25, 0.3) is 0 Å². The van der Waals surface area contributed by atoms with Gasteiger partial charge in [-0.05, 0) is 66.2 Å². The largest absolute Gasteiger partial charge is 0.481 e. The zero-order chi connectivity index (χ0) is 24.4. The van der Waals surface area contributed by atoms with Crippen molar-refractivity contribution in [3.8, 4) is 11.1 Å². The Morgan fingerprint density at radius 2 is 1.63 bits per heavy atom. The SMILES string of the molecule is O=C(O)CC1(NC(=O)CC(CNC(=O)OCC2c3ccccc3-c3ccccc32)C2CC2)CCC1. The van der Waals surface area contributed by atoms with Crippen molar-refractivity contribution in [2.24, 2.45) is 11.8 Å². The Hall–Kier alpha value is -3.35. The molecule has 3 aliphatic rings. The molecule has 1 unspecified atom stereocenters. The molecule has 2 aromatic carbocycles. The number of hydrogen-bond donors (Lipinski definition) is 3. The van der Waals surface area contributed by atoms with Crippen molar-refractivity contribution in [1.29, 1.82) is 0 Å². The van der Waals surface area contributed by atoms with E-state index in [1.54, 1.807) is 0 Å². The van der Waals surface area contributed by atoms with E-state index in [0.717, 1.165) is 19.3 Å². The van der Waals surface area contributed by atoms with Crippen molar-refractivity contribution in [2.45, 2.75) is 56.4 Å². The topological polar surface area (TPSA) is 105 Å². The van der Waals surface area contributed by atoms with Gasteiger partial charge in [-0.2, -0.15) is 0 Å². The van der Waals surface area contributed by atoms with Crippen LogP contribution in [-0.4, -0.2) is 41.8 Å². The molecule has 3 N–H and O–H groups in total. The molecule has 1 atom stereocenters. The molecule has 0 aliphatic heterocycles. The number of rotatable bonds is 10. The van der Waals surface area contributed by atoms with Gasteiger partial charge in [0, 0.05) is 18.9 Å². The van der Waals surface area contributed by atoms with Crippen molar-refractivity contribution in [2.75, 3.05) is 13.2 Å². The number of benzene rings is 2. The predicted octanol–water partition coefficient (Wildman–Crippen LogP) is 4.46. The summed E-state index contributed by atoms with van der Waals surface area (Å²) >= 11 is 0. The van der Waals surface area contributed by atoms with Crippen LogP contribution in [0, 0.1) is 11.8 Å². The van der Waals surface area contributed by atoms with Crippen LogP contribution in [0.25, 0.3) is 11.1 Å². The van der Waals surface area contributed by atoms with Crippen LogP contribution >= 0.6 is 0 Å². The van der Waals surface area contributed by atoms with Gasteiger partial charge in [0.2, 0.25) is 5.91 Å². The molecule has 7 heteroatoms. The summed E-state index contributed by atoms with van der Waals surface area (Å²) in [5.74, 6) is -0.576. The Balaban J connectivity index is 1.13. The van der Waals surface area contributed by atoms with Gasteiger partial charge in [-0.15, -0.1) is 0 Å². The van der Waals surface area contributed by atoms with Gasteiger partial charge < -0.3 is 20.5 Å². The highest BCUT2D eigenvalue weighted by Gasteiger charge is 2.41. The fourth-order valence-corrected chi connectivity index (χ4v) is 5.66. The van der Waals surface area contributed by atoms with Crippen molar-refractivity contribution in [1.82, 2.24) is 10.6 Å². The Kier molecular flexibility index (Phi) is 6.50. The summed E-state index contributed by atoms with van der Waals surface area (Å²) in [6.07, 6.45) is 4.21. The molecule has 0 heterocycles. The minimum Gasteiger partial charge on any atom is -0.481 e. The molecule has 0 bridgehead atoms. The predicted molar refractivity (Wildman–Crippen MR) is 131 cm³/mol. The number of aliphatic carboxylic acids is 1. The number of nitrogens with one attached hydrogen (secondary N) is 2. The minimum absolute atomic E-state index is 0.00561. The van der Waals surface area contributed by atoms with Gasteiger partial charge in [0.1, 0.15) is 6.61 Å². The maximum atomic E-state index is 12.7. The Morgan fingerprint density at radius 3 is 2.17 bits per heavy atom. The van der Waals surface area contributed by atoms with E-state index in [9.17, 15) is 19.5 Å². The summed E-state index contributed by atoms with van der Waals surface area (Å²) in [6, 6.07) is 16.4. The van der Waals surface area contributed by atoms with Crippen molar-refractivity contribution in [3.05, 3.63) is 59.7 Å². The highest BCUT2D eigenvalue weighted by Crippen LogP contribution is 2.44. The zero-order valence-electron chi connectivity index (χ0n) is 19.8. The normalized spacial score (nSPS) is 18.5. The molecule has 2 aromatic rings. The molecular formula is C28H32N2O5. The third-order valence-corrected chi connectivity index (χ3v) is 7.79. The third-order valence-electron chi connectivity index (χ3n) is 7.79. The fourth-order valence-electron chi connectivity index (χ4n) is 5.66. The Morgan fingerprint density at radius 1 is 1.00 bits per heavy atom. The van der Waals surface area contributed by atoms with Crippen LogP contribution in [0.5, 0.6) is 0 Å². The van der Waals surface area contributed by atoms with E-state index in [1.807, 2.05) is 24.3 Å². The number of carbonyl (C=O) groups excluding carboxylic acids is 2. The van der Waals surface area contributed by atoms with Gasteiger partial charge in [-0.1, -0.05) is 48.5 Å². The first-order valence-corrected chi connectivity index (χ1v) is 12.6. The van der Waals surface area contributed by atoms with Gasteiger partial charge in [-0.3, -0.25) is 9.59 Å². The lowest BCUT2D eigenvalue weighted by molar-refractivity contribution is -0.140. The van der Waals surface area contributed by atoms with E-state index < -0.39 is 17.6 Å². The maximum absolute atomic E-state index is 12.7. The highest BCUT2D eigenvalue weighted by molar-refractivity contribution is 5.80. The first-order chi connectivity index (χ1) is 16.9. The monoisotopic (exact) mass is 476 g/mol. The molecule has 2 saturated carbocycles. The first kappa shape index (κ1) is 23.4. The lowest BCUT2D eigenvalue weighted by atomic mass is 9.74. The number of alkyl carbamates (subject to hydrolysis) is 1. The molecule has 0 spiro atoms. The third kappa shape index (κ3) is 5.19. The standard InChI is InChI=1S/C28H32N2O5/c31-25(30-28(12-5-13-28)15-26(32)33)14-19(18-10-11-18)16-29-27(34)35-17-24-22-8-3-1-6-20(22)21-7-2-4-9-23(21)24/h1-4,6-9,18-19,24H,5,10-17H2,(H,29,34)(H,30,31)(H,32,33). The average molecular weight is 477 g/mol. The van der Waals surface area contributed by atoms with Crippen LogP contribution in [0.2, 0.25) is 0 Å². The second kappa shape index (κ2) is 9.72. The van der Waals surface area contributed by atoms with Crippen molar-refractivity contribution < 1.29 is 24.2 Å². The summed E-state index contributed by atoms with van der Waals surface area (Å²) in [5, 5.41) is 15.0. The number of ether oxygens (including phenoxy) is 1. The summed E-state index contributed by atoms with van der Waals surface area (Å²) in [7, 11) is 0. The Bertz CT molecular complexity index is 1080. The molecule has 0 saturated heterocycles. The van der Waals surface area contributed by atoms with Crippen LogP contribution in [0.3, 0.4) is 0 Å². The van der Waals surface area contributed by atoms with Crippen molar-refractivity contribution >= 4 is 18.0 Å². The van der Waals surface area contributed by atoms with E-state index in [4.69, 9.17) is 4.74 Å². The average Bonchev–Trinajstić information content (AvgIpc) is 3.61. The molecule has 5 rings (SSSR count). The number of amides is 2. The molecule has 35 heavy (non-hydrogen) atoms. The molecule has 2 amide bonds. The summed E-state index contributed by atoms with van der Waals surface area (Å²) in [5.41, 5.74) is 4.10. The summed E-state index contributed by atoms with van der Waals surface area (Å²) in [6.45, 7) is 0.632. The number of fused-ring (bicyclic) bond motifs is 3. The quantitative estimate of drug-likeness (QED) is 0.470. The van der Waals surface area contributed by atoms with Crippen LogP contribution in [0.1, 0.15) is 62.0 Å². The number of carboxylic acid groups (broad SMARTS) is 1. The van der Waals surface area contributed by atoms with E-state index in [0.29, 0.717) is 25.3 Å². The van der Waals surface area contributed by atoms with Crippen LogP contribution in [-0.2, 0) is 14.3 Å². The molecule has 0 aromatic heterocycles. The van der Waals surface area contributed by atoms with E-state index in [1.165, 1.54) is 22.3 Å². The number of hydrogen-bond acceptors (Lipinski definition) is 4. The highest BCUT2D eigenvalue weighted by atomic mass is 16.5. The molecule has 7 nitrogen and oxygen atoms in total. The lowest BCUT2D eigenvalue weighted by Gasteiger charge is -2.41. The van der Waals surface area contributed by atoms with E-state index >= 15 is 0 Å². The van der Waals surface area contributed by atoms with Gasteiger partial charge in [0.05, 0.1) is 12.0 Å². The number of carboxylic acids is 1. The van der Waals surface area contributed by atoms with Crippen LogP contribution < -0.4 is 10.6 Å². The Labute approximate surface area is 205 Å². The number of carbonyl (C=O) groups is 3. The second-order valence-electron chi connectivity index (χ2n) is 10.3. The van der Waals surface area contributed by atoms with Crippen LogP contribution in [0.15, 0.2) is 48.5 Å². The first-order valence-electron chi connectivity index (χ1n) is 12.6. The lowest BCUT2D eigenvalue weighted by Crippen LogP contribution is -2.55. The maximum Gasteiger partial charge on any atom is 0.407 e. The molecule has 2 fully saturated rings. The molecule has 0 radical (unpaired) electrons. The van der Waals surface area contributed by atoms with Gasteiger partial charge in [-0.25, -0.2) is 4.79 Å².